The van der Waals surface area contributed by atoms with E-state index in [-0.39, 0.29) is 17.8 Å². The van der Waals surface area contributed by atoms with Crippen molar-refractivity contribution in [2.75, 3.05) is 6.61 Å². The zero-order chi connectivity index (χ0) is 19.0. The van der Waals surface area contributed by atoms with Gasteiger partial charge in [-0.1, -0.05) is 6.92 Å². The van der Waals surface area contributed by atoms with Crippen LogP contribution in [0.4, 0.5) is 4.39 Å². The quantitative estimate of drug-likeness (QED) is 0.782. The molecule has 2 bridgehead atoms. The summed E-state index contributed by atoms with van der Waals surface area (Å²) < 4.78 is 18.7. The zero-order valence-corrected chi connectivity index (χ0v) is 15.9. The second-order valence-corrected chi connectivity index (χ2v) is 7.63. The van der Waals surface area contributed by atoms with Crippen LogP contribution in [-0.2, 0) is 16.1 Å². The number of nitrogens with zero attached hydrogens (tertiary/aromatic N) is 2. The molecule has 2 aliphatic rings. The number of carbonyl (C=O) groups excluding carboxylic acids is 1. The maximum atomic E-state index is 13.3. The fraction of sp³-hybridized carbons (Fsp3) is 0.524. The number of rotatable bonds is 6. The molecule has 2 aromatic rings. The van der Waals surface area contributed by atoms with E-state index in [1.807, 2.05) is 13.1 Å². The second kappa shape index (κ2) is 7.08. The van der Waals surface area contributed by atoms with Gasteiger partial charge in [-0.25, -0.2) is 4.39 Å². The Bertz CT molecular complexity index is 819. The molecule has 0 unspecified atom stereocenters. The summed E-state index contributed by atoms with van der Waals surface area (Å²) in [4.78, 5) is 15.2. The molecule has 4 rings (SSSR count). The summed E-state index contributed by atoms with van der Waals surface area (Å²) >= 11 is 0. The highest BCUT2D eigenvalue weighted by atomic mass is 19.1. The number of benzene rings is 1. The van der Waals surface area contributed by atoms with Gasteiger partial charge < -0.3 is 4.74 Å². The van der Waals surface area contributed by atoms with Gasteiger partial charge in [-0.15, -0.1) is 0 Å². The van der Waals surface area contributed by atoms with Gasteiger partial charge in [0, 0.05) is 29.8 Å². The van der Waals surface area contributed by atoms with Crippen molar-refractivity contribution >= 4 is 5.97 Å². The number of carbonyl (C=O) groups is 1. The third-order valence-electron chi connectivity index (χ3n) is 6.40. The number of hydrogen-bond acceptors (Lipinski definition) is 4. The van der Waals surface area contributed by atoms with E-state index < -0.39 is 5.41 Å². The van der Waals surface area contributed by atoms with Gasteiger partial charge in [0.05, 0.1) is 23.9 Å². The van der Waals surface area contributed by atoms with Gasteiger partial charge in [-0.3, -0.25) is 14.8 Å². The van der Waals surface area contributed by atoms with E-state index in [1.165, 1.54) is 12.1 Å². The van der Waals surface area contributed by atoms with Crippen LogP contribution in [0.3, 0.4) is 0 Å². The molecule has 1 aromatic carbocycles. The molecule has 1 N–H and O–H groups in total. The standard InChI is InChI=1S/C21H26FN3O2/c1-3-21(20(26)27-4-2)11-17-9-10-18(21)25(17)13-15-12-23-24-19(15)14-5-7-16(22)8-6-14/h5-8,12,17-18H,3-4,9-11,13H2,1-2H3,(H,23,24)/t17-,18+,21+/m0/s1. The summed E-state index contributed by atoms with van der Waals surface area (Å²) in [5.74, 6) is -0.296. The number of esters is 1. The Kier molecular flexibility index (Phi) is 4.76. The molecule has 144 valence electrons. The van der Waals surface area contributed by atoms with Crippen molar-refractivity contribution in [2.24, 2.45) is 5.41 Å². The number of halogens is 1. The third kappa shape index (κ3) is 2.96. The van der Waals surface area contributed by atoms with Crippen LogP contribution in [0.1, 0.15) is 45.1 Å². The van der Waals surface area contributed by atoms with Crippen LogP contribution in [0, 0.1) is 11.2 Å². The molecule has 0 spiro atoms. The van der Waals surface area contributed by atoms with E-state index in [1.54, 1.807) is 12.1 Å². The summed E-state index contributed by atoms with van der Waals surface area (Å²) in [6.07, 6.45) is 5.67. The Morgan fingerprint density at radius 2 is 2.11 bits per heavy atom. The Hall–Kier alpha value is -2.21. The molecule has 3 heterocycles. The summed E-state index contributed by atoms with van der Waals surface area (Å²) in [5, 5.41) is 7.27. The number of H-pyrrole nitrogens is 1. The Morgan fingerprint density at radius 3 is 2.81 bits per heavy atom. The molecular formula is C21H26FN3O2. The number of fused-ring (bicyclic) bond motifs is 2. The van der Waals surface area contributed by atoms with Crippen LogP contribution in [-0.4, -0.2) is 39.8 Å². The van der Waals surface area contributed by atoms with Crippen molar-refractivity contribution in [1.29, 1.82) is 0 Å². The van der Waals surface area contributed by atoms with E-state index in [4.69, 9.17) is 4.74 Å². The van der Waals surface area contributed by atoms with E-state index in [2.05, 4.69) is 22.0 Å². The van der Waals surface area contributed by atoms with Crippen molar-refractivity contribution in [3.8, 4) is 11.3 Å². The van der Waals surface area contributed by atoms with Crippen LogP contribution in [0.25, 0.3) is 11.3 Å². The van der Waals surface area contributed by atoms with E-state index in [0.29, 0.717) is 12.6 Å². The molecule has 2 fully saturated rings. The smallest absolute Gasteiger partial charge is 0.313 e. The average Bonchev–Trinajstić information content (AvgIpc) is 3.37. The van der Waals surface area contributed by atoms with E-state index >= 15 is 0 Å². The molecule has 1 aromatic heterocycles. The van der Waals surface area contributed by atoms with Crippen LogP contribution in [0.15, 0.2) is 30.5 Å². The first kappa shape index (κ1) is 18.2. The van der Waals surface area contributed by atoms with Gasteiger partial charge in [0.15, 0.2) is 0 Å². The number of aromatic amines is 1. The van der Waals surface area contributed by atoms with Crippen LogP contribution in [0.5, 0.6) is 0 Å². The van der Waals surface area contributed by atoms with Crippen molar-refractivity contribution in [3.63, 3.8) is 0 Å². The lowest BCUT2D eigenvalue weighted by atomic mass is 9.72. The molecule has 3 atom stereocenters. The lowest BCUT2D eigenvalue weighted by molar-refractivity contribution is -0.157. The number of hydrogen-bond donors (Lipinski definition) is 1. The third-order valence-corrected chi connectivity index (χ3v) is 6.40. The number of nitrogens with one attached hydrogen (secondary N) is 1. The lowest BCUT2D eigenvalue weighted by Gasteiger charge is -2.34. The second-order valence-electron chi connectivity index (χ2n) is 7.63. The molecule has 2 aliphatic heterocycles. The van der Waals surface area contributed by atoms with Crippen molar-refractivity contribution in [2.45, 2.75) is 58.2 Å². The fourth-order valence-electron chi connectivity index (χ4n) is 5.06. The van der Waals surface area contributed by atoms with Gasteiger partial charge in [0.1, 0.15) is 5.82 Å². The minimum Gasteiger partial charge on any atom is -0.466 e. The normalized spacial score (nSPS) is 27.2. The van der Waals surface area contributed by atoms with E-state index in [0.717, 1.165) is 49.0 Å². The lowest BCUT2D eigenvalue weighted by Crippen LogP contribution is -2.44. The molecule has 2 saturated heterocycles. The molecular weight excluding hydrogens is 345 g/mol. The maximum Gasteiger partial charge on any atom is 0.313 e. The highest BCUT2D eigenvalue weighted by molar-refractivity contribution is 5.78. The van der Waals surface area contributed by atoms with Gasteiger partial charge >= 0.3 is 5.97 Å². The largest absolute Gasteiger partial charge is 0.466 e. The summed E-state index contributed by atoms with van der Waals surface area (Å²) in [7, 11) is 0. The van der Waals surface area contributed by atoms with Gasteiger partial charge in [-0.2, -0.15) is 5.10 Å². The molecule has 0 radical (unpaired) electrons. The van der Waals surface area contributed by atoms with Crippen LogP contribution >= 0.6 is 0 Å². The number of ether oxygens (including phenoxy) is 1. The first-order chi connectivity index (χ1) is 13.1. The first-order valence-electron chi connectivity index (χ1n) is 9.80. The van der Waals surface area contributed by atoms with E-state index in [9.17, 15) is 9.18 Å². The monoisotopic (exact) mass is 371 g/mol. The number of aromatic nitrogens is 2. The minimum absolute atomic E-state index is 0.0457. The molecule has 0 aliphatic carbocycles. The summed E-state index contributed by atoms with van der Waals surface area (Å²) in [6, 6.07) is 7.06. The Labute approximate surface area is 158 Å². The molecule has 0 saturated carbocycles. The molecule has 5 nitrogen and oxygen atoms in total. The van der Waals surface area contributed by atoms with Gasteiger partial charge in [-0.05, 0) is 56.9 Å². The highest BCUT2D eigenvalue weighted by Gasteiger charge is 2.59. The first-order valence-corrected chi connectivity index (χ1v) is 9.80. The molecule has 0 amide bonds. The molecule has 27 heavy (non-hydrogen) atoms. The van der Waals surface area contributed by atoms with Gasteiger partial charge in [0.25, 0.3) is 0 Å². The van der Waals surface area contributed by atoms with Gasteiger partial charge in [0.2, 0.25) is 0 Å². The SMILES string of the molecule is CCOC(=O)[C@]1(CC)C[C@@H]2CC[C@H]1N2Cc1cn[nH]c1-c1ccc(F)cc1. The summed E-state index contributed by atoms with van der Waals surface area (Å²) in [6.45, 7) is 5.12. The van der Waals surface area contributed by atoms with Crippen molar-refractivity contribution in [1.82, 2.24) is 15.1 Å². The predicted octanol–water partition coefficient (Wildman–Crippen LogP) is 3.91. The van der Waals surface area contributed by atoms with Crippen molar-refractivity contribution in [3.05, 3.63) is 41.8 Å². The summed E-state index contributed by atoms with van der Waals surface area (Å²) in [5.41, 5.74) is 2.52. The topological polar surface area (TPSA) is 58.2 Å². The predicted molar refractivity (Wildman–Crippen MR) is 100 cm³/mol. The maximum absolute atomic E-state index is 13.3. The average molecular weight is 371 g/mol. The molecule has 6 heteroatoms. The van der Waals surface area contributed by atoms with Crippen LogP contribution in [0.2, 0.25) is 0 Å². The van der Waals surface area contributed by atoms with Crippen LogP contribution < -0.4 is 0 Å². The highest BCUT2D eigenvalue weighted by Crippen LogP contribution is 2.53. The minimum atomic E-state index is -0.390. The Balaban J connectivity index is 1.59. The van der Waals surface area contributed by atoms with Crippen molar-refractivity contribution < 1.29 is 13.9 Å². The zero-order valence-electron chi connectivity index (χ0n) is 15.9. The fourth-order valence-corrected chi connectivity index (χ4v) is 5.06. The Morgan fingerprint density at radius 1 is 1.33 bits per heavy atom.